The van der Waals surface area contributed by atoms with E-state index in [1.54, 1.807) is 0 Å². The summed E-state index contributed by atoms with van der Waals surface area (Å²) in [4.78, 5) is 11.9. The van der Waals surface area contributed by atoms with Crippen molar-refractivity contribution in [2.24, 2.45) is 0 Å². The van der Waals surface area contributed by atoms with Gasteiger partial charge < -0.3 is 5.32 Å². The quantitative estimate of drug-likeness (QED) is 0.574. The van der Waals surface area contributed by atoms with Crippen molar-refractivity contribution in [2.45, 2.75) is 20.3 Å². The van der Waals surface area contributed by atoms with Gasteiger partial charge in [-0.2, -0.15) is 0 Å². The molecular weight excluding hydrogens is 349 g/mol. The number of aryl methyl sites for hydroxylation is 2. The fraction of sp³-hybridized carbons (Fsp3) is 0.176. The summed E-state index contributed by atoms with van der Waals surface area (Å²) in [5.41, 5.74) is 8.25. The number of carbonyl (C=O) groups excluding carboxylic acids is 1. The number of hydrogen-bond donors (Lipinski definition) is 3. The molecule has 0 bridgehead atoms. The number of anilines is 1. The lowest BCUT2D eigenvalue weighted by Crippen LogP contribution is -2.44. The molecule has 0 aliphatic heterocycles. The van der Waals surface area contributed by atoms with Crippen LogP contribution in [0.2, 0.25) is 5.02 Å². The van der Waals surface area contributed by atoms with E-state index in [9.17, 15) is 9.18 Å². The third-order valence-electron chi connectivity index (χ3n) is 3.48. The fourth-order valence-corrected chi connectivity index (χ4v) is 2.41. The smallest absolute Gasteiger partial charge is 0.242 e. The Morgan fingerprint density at radius 3 is 2.58 bits per heavy atom. The molecule has 126 valence electrons. The van der Waals surface area contributed by atoms with Gasteiger partial charge in [0.25, 0.3) is 0 Å². The Bertz CT molecular complexity index is 762. The summed E-state index contributed by atoms with van der Waals surface area (Å²) >= 11 is 11.0. The van der Waals surface area contributed by atoms with Crippen molar-refractivity contribution in [2.75, 3.05) is 5.32 Å². The molecule has 0 atom stereocenters. The molecule has 2 aromatic rings. The Morgan fingerprint density at radius 1 is 1.17 bits per heavy atom. The minimum absolute atomic E-state index is 0.145. The molecule has 24 heavy (non-hydrogen) atoms. The minimum Gasteiger partial charge on any atom is -0.331 e. The Morgan fingerprint density at radius 2 is 1.92 bits per heavy atom. The molecule has 2 aromatic carbocycles. The molecule has 7 heteroatoms. The molecule has 0 saturated heterocycles. The second kappa shape index (κ2) is 8.08. The van der Waals surface area contributed by atoms with E-state index in [2.05, 4.69) is 16.2 Å². The van der Waals surface area contributed by atoms with Crippen molar-refractivity contribution in [3.05, 3.63) is 63.9 Å². The van der Waals surface area contributed by atoms with Gasteiger partial charge in [-0.3, -0.25) is 15.6 Å². The van der Waals surface area contributed by atoms with E-state index < -0.39 is 11.7 Å². The molecule has 2 rings (SSSR count). The molecule has 0 aliphatic rings. The summed E-state index contributed by atoms with van der Waals surface area (Å²) in [6.45, 7) is 4.01. The van der Waals surface area contributed by atoms with E-state index in [4.69, 9.17) is 23.8 Å². The summed E-state index contributed by atoms with van der Waals surface area (Å²) in [7, 11) is 0. The molecule has 0 aliphatic carbocycles. The number of hydrogen-bond acceptors (Lipinski definition) is 2. The van der Waals surface area contributed by atoms with Crippen LogP contribution in [0.25, 0.3) is 0 Å². The predicted molar refractivity (Wildman–Crippen MR) is 98.5 cm³/mol. The summed E-state index contributed by atoms with van der Waals surface area (Å²) in [6, 6.07) is 10.1. The molecule has 0 heterocycles. The number of nitrogens with one attached hydrogen (secondary N) is 3. The number of halogens is 2. The molecule has 0 aromatic heterocycles. The molecule has 1 amide bonds. The topological polar surface area (TPSA) is 53.2 Å². The van der Waals surface area contributed by atoms with E-state index in [0.29, 0.717) is 0 Å². The summed E-state index contributed by atoms with van der Waals surface area (Å²) in [5, 5.41) is 3.39. The van der Waals surface area contributed by atoms with Crippen LogP contribution >= 0.6 is 23.8 Å². The van der Waals surface area contributed by atoms with Crippen molar-refractivity contribution in [1.29, 1.82) is 0 Å². The van der Waals surface area contributed by atoms with Gasteiger partial charge in [-0.25, -0.2) is 4.39 Å². The van der Waals surface area contributed by atoms with E-state index in [1.165, 1.54) is 23.8 Å². The second-order valence-corrected chi connectivity index (χ2v) is 6.12. The van der Waals surface area contributed by atoms with Gasteiger partial charge in [0.2, 0.25) is 5.91 Å². The van der Waals surface area contributed by atoms with Gasteiger partial charge in [0.05, 0.1) is 6.42 Å². The van der Waals surface area contributed by atoms with Crippen LogP contribution < -0.4 is 16.2 Å². The Hall–Kier alpha value is -2.18. The van der Waals surface area contributed by atoms with Crippen LogP contribution in [0.4, 0.5) is 10.1 Å². The highest BCUT2D eigenvalue weighted by Crippen LogP contribution is 2.19. The van der Waals surface area contributed by atoms with Gasteiger partial charge in [-0.15, -0.1) is 0 Å². The number of benzene rings is 2. The summed E-state index contributed by atoms with van der Waals surface area (Å²) in [5.74, 6) is -0.972. The number of hydrazine groups is 1. The van der Waals surface area contributed by atoms with Crippen molar-refractivity contribution in [1.82, 2.24) is 10.9 Å². The zero-order chi connectivity index (χ0) is 17.7. The zero-order valence-electron chi connectivity index (χ0n) is 13.2. The van der Waals surface area contributed by atoms with Crippen molar-refractivity contribution in [3.63, 3.8) is 0 Å². The number of carbonyl (C=O) groups is 1. The van der Waals surface area contributed by atoms with Crippen LogP contribution in [0, 0.1) is 19.7 Å². The number of amides is 1. The lowest BCUT2D eigenvalue weighted by atomic mass is 10.1. The standard InChI is InChI=1S/C17H17ClFN3OS/c1-10-6-7-12(8-11(10)2)20-17(24)22-21-16(23)9-13-14(18)4-3-5-15(13)19/h3-8H,9H2,1-2H3,(H,21,23)(H2,20,22,24). The second-order valence-electron chi connectivity index (χ2n) is 5.30. The van der Waals surface area contributed by atoms with Crippen molar-refractivity contribution >= 4 is 40.5 Å². The molecule has 3 N–H and O–H groups in total. The van der Waals surface area contributed by atoms with E-state index in [0.717, 1.165) is 11.3 Å². The van der Waals surface area contributed by atoms with E-state index in [1.807, 2.05) is 32.0 Å². The monoisotopic (exact) mass is 365 g/mol. The molecule has 0 spiro atoms. The van der Waals surface area contributed by atoms with Crippen LogP contribution in [0.3, 0.4) is 0 Å². The summed E-state index contributed by atoms with van der Waals surface area (Å²) in [6.07, 6.45) is -0.190. The molecule has 0 fully saturated rings. The normalized spacial score (nSPS) is 10.2. The van der Waals surface area contributed by atoms with Crippen molar-refractivity contribution in [3.8, 4) is 0 Å². The van der Waals surface area contributed by atoms with Gasteiger partial charge in [0.15, 0.2) is 5.11 Å². The highest BCUT2D eigenvalue weighted by atomic mass is 35.5. The van der Waals surface area contributed by atoms with Gasteiger partial charge in [-0.05, 0) is 61.5 Å². The number of rotatable bonds is 3. The molecule has 0 unspecified atom stereocenters. The molecule has 0 radical (unpaired) electrons. The average molecular weight is 366 g/mol. The van der Waals surface area contributed by atoms with Gasteiger partial charge in [0.1, 0.15) is 5.82 Å². The van der Waals surface area contributed by atoms with Gasteiger partial charge in [0, 0.05) is 16.3 Å². The first-order valence-electron chi connectivity index (χ1n) is 7.23. The zero-order valence-corrected chi connectivity index (χ0v) is 14.8. The van der Waals surface area contributed by atoms with Gasteiger partial charge >= 0.3 is 0 Å². The Labute approximate surface area is 150 Å². The maximum absolute atomic E-state index is 13.6. The van der Waals surface area contributed by atoms with Crippen LogP contribution in [-0.4, -0.2) is 11.0 Å². The number of thiocarbonyl (C=S) groups is 1. The first-order valence-corrected chi connectivity index (χ1v) is 8.01. The molecular formula is C17H17ClFN3OS. The third-order valence-corrected chi connectivity index (χ3v) is 4.04. The predicted octanol–water partition coefficient (Wildman–Crippen LogP) is 3.66. The highest BCUT2D eigenvalue weighted by molar-refractivity contribution is 7.80. The van der Waals surface area contributed by atoms with E-state index in [-0.39, 0.29) is 22.1 Å². The van der Waals surface area contributed by atoms with E-state index >= 15 is 0 Å². The highest BCUT2D eigenvalue weighted by Gasteiger charge is 2.12. The maximum atomic E-state index is 13.6. The average Bonchev–Trinajstić information content (AvgIpc) is 2.53. The lowest BCUT2D eigenvalue weighted by molar-refractivity contribution is -0.121. The first kappa shape index (κ1) is 18.2. The largest absolute Gasteiger partial charge is 0.331 e. The summed E-state index contributed by atoms with van der Waals surface area (Å²) < 4.78 is 13.6. The van der Waals surface area contributed by atoms with Gasteiger partial charge in [-0.1, -0.05) is 23.7 Å². The Balaban J connectivity index is 1.87. The Kier molecular flexibility index (Phi) is 6.11. The molecule has 4 nitrogen and oxygen atoms in total. The first-order chi connectivity index (χ1) is 11.4. The van der Waals surface area contributed by atoms with Crippen molar-refractivity contribution < 1.29 is 9.18 Å². The minimum atomic E-state index is -0.520. The maximum Gasteiger partial charge on any atom is 0.242 e. The van der Waals surface area contributed by atoms with Crippen LogP contribution in [-0.2, 0) is 11.2 Å². The molecule has 0 saturated carbocycles. The van der Waals surface area contributed by atoms with Crippen LogP contribution in [0.15, 0.2) is 36.4 Å². The van der Waals surface area contributed by atoms with Crippen LogP contribution in [0.5, 0.6) is 0 Å². The van der Waals surface area contributed by atoms with Crippen LogP contribution in [0.1, 0.15) is 16.7 Å². The fourth-order valence-electron chi connectivity index (χ4n) is 2.01. The third kappa shape index (κ3) is 4.91. The lowest BCUT2D eigenvalue weighted by Gasteiger charge is -2.13. The SMILES string of the molecule is Cc1ccc(NC(=S)NNC(=O)Cc2c(F)cccc2Cl)cc1C.